The van der Waals surface area contributed by atoms with Crippen molar-refractivity contribution in [1.29, 1.82) is 0 Å². The molecule has 1 amide bonds. The quantitative estimate of drug-likeness (QED) is 0.834. The van der Waals surface area contributed by atoms with E-state index in [0.29, 0.717) is 30.9 Å². The third kappa shape index (κ3) is 3.42. The molecule has 1 atom stereocenters. The van der Waals surface area contributed by atoms with E-state index in [2.05, 4.69) is 4.98 Å². The van der Waals surface area contributed by atoms with Gasteiger partial charge in [0.05, 0.1) is 12.1 Å². The lowest BCUT2D eigenvalue weighted by atomic mass is 10.0. The number of amides is 1. The van der Waals surface area contributed by atoms with Gasteiger partial charge in [0.25, 0.3) is 11.8 Å². The molecule has 0 aliphatic carbocycles. The largest absolute Gasteiger partial charge is 0.335 e. The Kier molecular flexibility index (Phi) is 4.57. The number of nitrogens with zero attached hydrogens (tertiary/aromatic N) is 4. The SMILES string of the molecule is Cc1ncccc1C(=O)N1CC(N2CC(F)(F)CC2CN(C)C)C1. The first-order valence-electron chi connectivity index (χ1n) is 8.26. The highest BCUT2D eigenvalue weighted by atomic mass is 19.3. The van der Waals surface area contributed by atoms with Crippen LogP contribution in [0, 0.1) is 6.92 Å². The summed E-state index contributed by atoms with van der Waals surface area (Å²) in [5.74, 6) is -2.70. The molecule has 1 unspecified atom stereocenters. The van der Waals surface area contributed by atoms with E-state index in [4.69, 9.17) is 0 Å². The summed E-state index contributed by atoms with van der Waals surface area (Å²) in [4.78, 5) is 22.2. The van der Waals surface area contributed by atoms with E-state index in [1.54, 1.807) is 30.2 Å². The molecule has 0 N–H and O–H groups in total. The average molecular weight is 338 g/mol. The lowest BCUT2D eigenvalue weighted by molar-refractivity contribution is -0.0115. The molecule has 2 saturated heterocycles. The third-order valence-corrected chi connectivity index (χ3v) is 4.85. The van der Waals surface area contributed by atoms with Crippen LogP contribution in [0.15, 0.2) is 18.3 Å². The van der Waals surface area contributed by atoms with Gasteiger partial charge in [-0.2, -0.15) is 0 Å². The van der Waals surface area contributed by atoms with Crippen molar-refractivity contribution in [3.05, 3.63) is 29.6 Å². The summed E-state index contributed by atoms with van der Waals surface area (Å²) in [6, 6.07) is 3.37. The molecule has 7 heteroatoms. The number of rotatable bonds is 4. The first-order chi connectivity index (χ1) is 11.3. The molecule has 0 aromatic carbocycles. The van der Waals surface area contributed by atoms with Crippen molar-refractivity contribution in [3.8, 4) is 0 Å². The van der Waals surface area contributed by atoms with Crippen LogP contribution in [0.3, 0.4) is 0 Å². The van der Waals surface area contributed by atoms with Gasteiger partial charge in [0.15, 0.2) is 0 Å². The number of carbonyl (C=O) groups excluding carboxylic acids is 1. The van der Waals surface area contributed by atoms with Gasteiger partial charge in [0.2, 0.25) is 0 Å². The maximum absolute atomic E-state index is 13.8. The number of hydrogen-bond donors (Lipinski definition) is 0. The number of alkyl halides is 2. The molecule has 0 saturated carbocycles. The van der Waals surface area contributed by atoms with E-state index in [-0.39, 0.29) is 31.0 Å². The van der Waals surface area contributed by atoms with Crippen LogP contribution < -0.4 is 0 Å². The number of likely N-dealkylation sites (tertiary alicyclic amines) is 2. The number of halogens is 2. The second-order valence-electron chi connectivity index (χ2n) is 7.15. The predicted octanol–water partition coefficient (Wildman–Crippen LogP) is 1.49. The van der Waals surface area contributed by atoms with Crippen LogP contribution in [0.2, 0.25) is 0 Å². The summed E-state index contributed by atoms with van der Waals surface area (Å²) in [7, 11) is 3.80. The Morgan fingerprint density at radius 2 is 2.12 bits per heavy atom. The zero-order valence-electron chi connectivity index (χ0n) is 14.4. The van der Waals surface area contributed by atoms with Crippen LogP contribution in [0.1, 0.15) is 22.5 Å². The highest BCUT2D eigenvalue weighted by Crippen LogP contribution is 2.35. The number of likely N-dealkylation sites (N-methyl/N-ethyl adjacent to an activating group) is 1. The van der Waals surface area contributed by atoms with Crippen molar-refractivity contribution in [2.75, 3.05) is 40.3 Å². The van der Waals surface area contributed by atoms with E-state index in [9.17, 15) is 13.6 Å². The maximum Gasteiger partial charge on any atom is 0.262 e. The smallest absolute Gasteiger partial charge is 0.262 e. The third-order valence-electron chi connectivity index (χ3n) is 4.85. The van der Waals surface area contributed by atoms with Crippen molar-refractivity contribution < 1.29 is 13.6 Å². The lowest BCUT2D eigenvalue weighted by Gasteiger charge is -2.46. The molecular formula is C17H24F2N4O. The first kappa shape index (κ1) is 17.2. The Hall–Kier alpha value is -1.60. The Morgan fingerprint density at radius 1 is 1.42 bits per heavy atom. The van der Waals surface area contributed by atoms with E-state index in [1.165, 1.54) is 0 Å². The van der Waals surface area contributed by atoms with E-state index < -0.39 is 5.92 Å². The summed E-state index contributed by atoms with van der Waals surface area (Å²) in [6.45, 7) is 3.23. The van der Waals surface area contributed by atoms with Gasteiger partial charge in [-0.3, -0.25) is 14.7 Å². The molecule has 2 fully saturated rings. The van der Waals surface area contributed by atoms with Gasteiger partial charge in [-0.05, 0) is 33.2 Å². The Balaban J connectivity index is 1.63. The molecule has 1 aromatic heterocycles. The fourth-order valence-corrected chi connectivity index (χ4v) is 3.65. The van der Waals surface area contributed by atoms with Gasteiger partial charge >= 0.3 is 0 Å². The molecule has 3 rings (SSSR count). The molecule has 132 valence electrons. The highest BCUT2D eigenvalue weighted by Gasteiger charge is 2.50. The summed E-state index contributed by atoms with van der Waals surface area (Å²) in [5.41, 5.74) is 1.29. The summed E-state index contributed by atoms with van der Waals surface area (Å²) >= 11 is 0. The first-order valence-corrected chi connectivity index (χ1v) is 8.26. The van der Waals surface area contributed by atoms with Crippen molar-refractivity contribution in [1.82, 2.24) is 19.7 Å². The van der Waals surface area contributed by atoms with Crippen molar-refractivity contribution in [3.63, 3.8) is 0 Å². The number of hydrogen-bond acceptors (Lipinski definition) is 4. The average Bonchev–Trinajstić information content (AvgIpc) is 2.71. The van der Waals surface area contributed by atoms with Crippen LogP contribution in [0.4, 0.5) is 8.78 Å². The zero-order valence-corrected chi connectivity index (χ0v) is 14.4. The molecule has 0 radical (unpaired) electrons. The van der Waals surface area contributed by atoms with Gasteiger partial charge in [-0.15, -0.1) is 0 Å². The van der Waals surface area contributed by atoms with Gasteiger partial charge in [0.1, 0.15) is 0 Å². The van der Waals surface area contributed by atoms with Crippen molar-refractivity contribution in [2.24, 2.45) is 0 Å². The van der Waals surface area contributed by atoms with Crippen LogP contribution in [0.5, 0.6) is 0 Å². The Morgan fingerprint density at radius 3 is 2.75 bits per heavy atom. The second kappa shape index (κ2) is 6.37. The van der Waals surface area contributed by atoms with Crippen LogP contribution >= 0.6 is 0 Å². The number of carbonyl (C=O) groups is 1. The predicted molar refractivity (Wildman–Crippen MR) is 87.3 cm³/mol. The van der Waals surface area contributed by atoms with E-state index in [0.717, 1.165) is 0 Å². The minimum atomic E-state index is -2.63. The Bertz CT molecular complexity index is 616. The fraction of sp³-hybridized carbons (Fsp3) is 0.647. The second-order valence-corrected chi connectivity index (χ2v) is 7.15. The number of pyridine rings is 1. The monoisotopic (exact) mass is 338 g/mol. The van der Waals surface area contributed by atoms with E-state index >= 15 is 0 Å². The number of aromatic nitrogens is 1. The van der Waals surface area contributed by atoms with Crippen molar-refractivity contribution in [2.45, 2.75) is 31.4 Å². The molecule has 24 heavy (non-hydrogen) atoms. The fourth-order valence-electron chi connectivity index (χ4n) is 3.65. The summed E-state index contributed by atoms with van der Waals surface area (Å²) in [5, 5.41) is 0. The molecular weight excluding hydrogens is 314 g/mol. The maximum atomic E-state index is 13.8. The standard InChI is InChI=1S/C17H24F2N4O/c1-12-15(5-4-6-20-12)16(24)22-9-14(10-22)23-11-17(18,19)7-13(23)8-21(2)3/h4-6,13-14H,7-11H2,1-3H3. The van der Waals surface area contributed by atoms with Crippen LogP contribution in [-0.2, 0) is 0 Å². The molecule has 0 bridgehead atoms. The van der Waals surface area contributed by atoms with Gasteiger partial charge < -0.3 is 9.80 Å². The normalized spacial score (nSPS) is 24.4. The lowest BCUT2D eigenvalue weighted by Crippen LogP contribution is -2.63. The molecule has 3 heterocycles. The molecule has 2 aliphatic rings. The van der Waals surface area contributed by atoms with Crippen molar-refractivity contribution >= 4 is 5.91 Å². The molecule has 5 nitrogen and oxygen atoms in total. The minimum Gasteiger partial charge on any atom is -0.335 e. The van der Waals surface area contributed by atoms with Gasteiger partial charge in [-0.25, -0.2) is 8.78 Å². The topological polar surface area (TPSA) is 39.7 Å². The zero-order chi connectivity index (χ0) is 17.5. The summed E-state index contributed by atoms with van der Waals surface area (Å²) in [6.07, 6.45) is 1.56. The van der Waals surface area contributed by atoms with E-state index in [1.807, 2.05) is 23.9 Å². The molecule has 1 aromatic rings. The minimum absolute atomic E-state index is 0.0178. The Labute approximate surface area is 141 Å². The molecule has 0 spiro atoms. The number of aryl methyl sites for hydroxylation is 1. The van der Waals surface area contributed by atoms with Gasteiger partial charge in [0, 0.05) is 50.0 Å². The van der Waals surface area contributed by atoms with Crippen LogP contribution in [-0.4, -0.2) is 83.9 Å². The molecule has 2 aliphatic heterocycles. The van der Waals surface area contributed by atoms with Crippen LogP contribution in [0.25, 0.3) is 0 Å². The summed E-state index contributed by atoms with van der Waals surface area (Å²) < 4.78 is 27.7. The highest BCUT2D eigenvalue weighted by molar-refractivity contribution is 5.95. The van der Waals surface area contributed by atoms with Gasteiger partial charge in [-0.1, -0.05) is 0 Å².